The number of hydrogen-bond donors (Lipinski definition) is 0. The van der Waals surface area contributed by atoms with Gasteiger partial charge in [-0.05, 0) is 0 Å². The van der Waals surface area contributed by atoms with Crippen molar-refractivity contribution in [2.75, 3.05) is 0 Å². The Kier molecular flexibility index (Phi) is 403. The molecule has 4 heavy (non-hydrogen) atoms. The Hall–Kier alpha value is 0.591. The van der Waals surface area contributed by atoms with Gasteiger partial charge in [0.2, 0.25) is 0 Å². The molecule has 0 aliphatic heterocycles. The first-order chi connectivity index (χ1) is 1.00. The quantitative estimate of drug-likeness (QED) is 0.326. The molecule has 0 spiro atoms. The third-order valence-electron chi connectivity index (χ3n) is 0. The third-order valence-corrected chi connectivity index (χ3v) is 0. The van der Waals surface area contributed by atoms with Gasteiger partial charge in [-0.25, -0.2) is 0 Å². The SMILES string of the molecule is B=O.[Mg+2].[O-2]. The van der Waals surface area contributed by atoms with E-state index in [1.807, 2.05) is 7.72 Å². The van der Waals surface area contributed by atoms with Gasteiger partial charge in [0.25, 0.3) is 0 Å². The summed E-state index contributed by atoms with van der Waals surface area (Å²) < 4.78 is 8.00. The zero-order valence-corrected chi connectivity index (χ0v) is 3.64. The summed E-state index contributed by atoms with van der Waals surface area (Å²) in [6.45, 7) is 0. The van der Waals surface area contributed by atoms with Gasteiger partial charge in [0.1, 0.15) is 0 Å². The minimum Gasteiger partial charge on any atom is -2.00 e. The van der Waals surface area contributed by atoms with Gasteiger partial charge in [0, 0.05) is 0 Å². The third kappa shape index (κ3) is 18.8. The van der Waals surface area contributed by atoms with E-state index in [1.165, 1.54) is 0 Å². The van der Waals surface area contributed by atoms with Crippen LogP contribution in [0.15, 0.2) is 0 Å². The first-order valence-electron chi connectivity index (χ1n) is 0.289. The molecule has 0 heterocycles. The van der Waals surface area contributed by atoms with E-state index in [-0.39, 0.29) is 28.5 Å². The molecule has 0 unspecified atom stereocenters. The zero-order chi connectivity index (χ0) is 2.00. The smallest absolute Gasteiger partial charge is 2.00 e. The number of hydrogen-bond acceptors (Lipinski definition) is 1. The Bertz CT molecular complexity index is 6.00. The molecule has 0 aromatic rings. The summed E-state index contributed by atoms with van der Waals surface area (Å²) in [5.74, 6) is 0. The van der Waals surface area contributed by atoms with Gasteiger partial charge in [-0.2, -0.15) is 0 Å². The fourth-order valence-corrected chi connectivity index (χ4v) is 0. The minimum absolute atomic E-state index is 0. The summed E-state index contributed by atoms with van der Waals surface area (Å²) >= 11 is 0. The number of rotatable bonds is 0. The molecule has 4 heteroatoms. The minimum atomic E-state index is 0. The van der Waals surface area contributed by atoms with Gasteiger partial charge in [-0.15, -0.1) is 0 Å². The predicted molar refractivity (Wildman–Crippen MR) is 14.3 cm³/mol. The van der Waals surface area contributed by atoms with E-state index in [0.717, 1.165) is 0 Å². The average molecular weight is 68.1 g/mol. The molecule has 0 aromatic heterocycles. The average Bonchev–Trinajstić information content (AvgIpc) is 1.00. The second-order valence-corrected chi connectivity index (χ2v) is 0. The van der Waals surface area contributed by atoms with Crippen molar-refractivity contribution in [2.24, 2.45) is 0 Å². The summed E-state index contributed by atoms with van der Waals surface area (Å²) in [5.41, 5.74) is 0. The second kappa shape index (κ2) is 69.0. The Morgan fingerprint density at radius 3 is 1.25 bits per heavy atom. The van der Waals surface area contributed by atoms with Crippen LogP contribution in [-0.4, -0.2) is 30.8 Å². The standard InChI is InChI=1S/BHO.Mg.O/c1-2;;/h1H;;/q;+2;-2. The molecular weight excluding hydrogens is 67.1 g/mol. The molecule has 18 valence electrons. The molecule has 0 aromatic carbocycles. The molecule has 0 aliphatic carbocycles. The van der Waals surface area contributed by atoms with Gasteiger partial charge < -0.3 is 5.48 Å². The summed E-state index contributed by atoms with van der Waals surface area (Å²) in [6, 6.07) is 0. The maximum Gasteiger partial charge on any atom is 2.00 e. The largest absolute Gasteiger partial charge is 2.00 e. The van der Waals surface area contributed by atoms with Crippen molar-refractivity contribution < 1.29 is 10.2 Å². The molecule has 0 radical (unpaired) electrons. The Morgan fingerprint density at radius 2 is 1.25 bits per heavy atom. The molecule has 0 amide bonds. The summed E-state index contributed by atoms with van der Waals surface area (Å²) in [7, 11) is 2.00. The van der Waals surface area contributed by atoms with Gasteiger partial charge in [0.15, 0.2) is 0 Å². The van der Waals surface area contributed by atoms with E-state index in [2.05, 4.69) is 0 Å². The van der Waals surface area contributed by atoms with Crippen LogP contribution in [0.4, 0.5) is 0 Å². The van der Waals surface area contributed by atoms with Crippen molar-refractivity contribution in [3.63, 3.8) is 0 Å². The molecule has 2 nitrogen and oxygen atoms in total. The first kappa shape index (κ1) is 23.4. The summed E-state index contributed by atoms with van der Waals surface area (Å²) in [5, 5.41) is 0. The van der Waals surface area contributed by atoms with Crippen molar-refractivity contribution in [3.05, 3.63) is 0 Å². The van der Waals surface area contributed by atoms with E-state index in [4.69, 9.17) is 4.70 Å². The monoisotopic (exact) mass is 68.0 g/mol. The van der Waals surface area contributed by atoms with E-state index < -0.39 is 0 Å². The molecule has 0 rings (SSSR count). The van der Waals surface area contributed by atoms with E-state index in [9.17, 15) is 0 Å². The van der Waals surface area contributed by atoms with Crippen LogP contribution in [0.5, 0.6) is 0 Å². The van der Waals surface area contributed by atoms with Crippen molar-refractivity contribution in [1.29, 1.82) is 0 Å². The normalized spacial score (nSPS) is 0.750. The molecule has 0 atom stereocenters. The predicted octanol–water partition coefficient (Wildman–Crippen LogP) is -1.27. The molecule has 0 aliphatic rings. The van der Waals surface area contributed by atoms with Crippen LogP contribution in [0, 0.1) is 0 Å². The molecular formula is HBMgO2. The molecule has 0 N–H and O–H groups in total. The van der Waals surface area contributed by atoms with Gasteiger partial charge in [-0.3, -0.25) is 0 Å². The van der Waals surface area contributed by atoms with Crippen LogP contribution < -0.4 is 0 Å². The summed E-state index contributed by atoms with van der Waals surface area (Å²) in [4.78, 5) is 0. The Labute approximate surface area is 41.5 Å². The van der Waals surface area contributed by atoms with Gasteiger partial charge in [-0.1, -0.05) is 0 Å². The fraction of sp³-hybridized carbons (Fsp3) is 0. The Morgan fingerprint density at radius 1 is 1.25 bits per heavy atom. The van der Waals surface area contributed by atoms with Crippen molar-refractivity contribution in [2.45, 2.75) is 0 Å². The first-order valence-corrected chi connectivity index (χ1v) is 0.289. The fourth-order valence-electron chi connectivity index (χ4n) is 0. The van der Waals surface area contributed by atoms with Gasteiger partial charge >= 0.3 is 35.5 Å². The van der Waals surface area contributed by atoms with Crippen molar-refractivity contribution >= 4 is 30.8 Å². The van der Waals surface area contributed by atoms with Crippen LogP contribution in [0.3, 0.4) is 0 Å². The Balaban J connectivity index is -0.00000000500. The molecule has 0 bridgehead atoms. The molecule has 0 saturated carbocycles. The van der Waals surface area contributed by atoms with Crippen LogP contribution >= 0.6 is 0 Å². The van der Waals surface area contributed by atoms with Gasteiger partial charge in [0.05, 0.1) is 0 Å². The van der Waals surface area contributed by atoms with Crippen molar-refractivity contribution in [3.8, 4) is 0 Å². The van der Waals surface area contributed by atoms with E-state index in [0.29, 0.717) is 0 Å². The van der Waals surface area contributed by atoms with Crippen LogP contribution in [0.25, 0.3) is 0 Å². The second-order valence-electron chi connectivity index (χ2n) is 0. The van der Waals surface area contributed by atoms with Crippen molar-refractivity contribution in [1.82, 2.24) is 0 Å². The molecule has 0 fully saturated rings. The maximum atomic E-state index is 8.00. The summed E-state index contributed by atoms with van der Waals surface area (Å²) in [6.07, 6.45) is 0. The van der Waals surface area contributed by atoms with Crippen LogP contribution in [-0.2, 0) is 10.2 Å². The van der Waals surface area contributed by atoms with Crippen LogP contribution in [0.2, 0.25) is 0 Å². The van der Waals surface area contributed by atoms with E-state index >= 15 is 0 Å². The molecule has 0 saturated heterocycles. The zero-order valence-electron chi connectivity index (χ0n) is 2.23. The van der Waals surface area contributed by atoms with Crippen LogP contribution in [0.1, 0.15) is 0 Å². The topological polar surface area (TPSA) is 45.6 Å². The maximum absolute atomic E-state index is 8.00. The van der Waals surface area contributed by atoms with E-state index in [1.54, 1.807) is 0 Å².